The van der Waals surface area contributed by atoms with Crippen molar-refractivity contribution in [2.75, 3.05) is 33.0 Å². The minimum absolute atomic E-state index is 0.0777. The molecule has 0 spiro atoms. The number of benzene rings is 1. The van der Waals surface area contributed by atoms with Gasteiger partial charge in [0.15, 0.2) is 0 Å². The van der Waals surface area contributed by atoms with Gasteiger partial charge in [0.05, 0.1) is 18.9 Å². The number of nitrogens with zero attached hydrogens (tertiary/aromatic N) is 4. The monoisotopic (exact) mass is 380 g/mol. The number of sulfonamides is 1. The second-order valence-corrected chi connectivity index (χ2v) is 8.52. The normalized spacial score (nSPS) is 20.4. The van der Waals surface area contributed by atoms with Crippen LogP contribution in [0.5, 0.6) is 0 Å². The van der Waals surface area contributed by atoms with E-state index in [1.807, 2.05) is 32.2 Å². The van der Waals surface area contributed by atoms with Crippen LogP contribution in [0.25, 0.3) is 0 Å². The molecule has 9 heteroatoms. The van der Waals surface area contributed by atoms with Crippen LogP contribution in [0.1, 0.15) is 36.4 Å². The summed E-state index contributed by atoms with van der Waals surface area (Å²) in [6, 6.07) is 10.1. The maximum atomic E-state index is 11.7. The maximum Gasteiger partial charge on any atom is 0.246 e. The lowest BCUT2D eigenvalue weighted by molar-refractivity contribution is -0.0182. The summed E-state index contributed by atoms with van der Waals surface area (Å²) in [4.78, 5) is 2.11. The van der Waals surface area contributed by atoms with Crippen LogP contribution in [0.4, 0.5) is 0 Å². The van der Waals surface area contributed by atoms with E-state index in [1.54, 1.807) is 0 Å². The largest absolute Gasteiger partial charge is 0.421 e. The first-order valence-corrected chi connectivity index (χ1v) is 10.3. The van der Waals surface area contributed by atoms with Gasteiger partial charge in [-0.15, -0.1) is 10.2 Å². The van der Waals surface area contributed by atoms with Gasteiger partial charge in [0.2, 0.25) is 21.8 Å². The Balaban J connectivity index is 1.67. The van der Waals surface area contributed by atoms with Gasteiger partial charge in [-0.3, -0.25) is 4.90 Å². The number of hydrogen-bond donors (Lipinski definition) is 0. The Kier molecular flexibility index (Phi) is 5.71. The van der Waals surface area contributed by atoms with Gasteiger partial charge in [-0.1, -0.05) is 30.3 Å². The van der Waals surface area contributed by atoms with Crippen molar-refractivity contribution in [2.45, 2.75) is 25.6 Å². The molecule has 2 heterocycles. The summed E-state index contributed by atoms with van der Waals surface area (Å²) >= 11 is 0. The topological polar surface area (TPSA) is 88.8 Å². The van der Waals surface area contributed by atoms with Crippen LogP contribution in [0.3, 0.4) is 0 Å². The third kappa shape index (κ3) is 4.47. The molecule has 0 N–H and O–H groups in total. The molecule has 0 amide bonds. The average molecular weight is 380 g/mol. The molecule has 1 aliphatic rings. The third-order valence-electron chi connectivity index (χ3n) is 4.52. The van der Waals surface area contributed by atoms with Gasteiger partial charge >= 0.3 is 0 Å². The summed E-state index contributed by atoms with van der Waals surface area (Å²) in [5.74, 6) is 0.798. The molecular weight excluding hydrogens is 356 g/mol. The maximum absolute atomic E-state index is 11.7. The quantitative estimate of drug-likeness (QED) is 0.752. The number of rotatable bonds is 6. The van der Waals surface area contributed by atoms with Crippen molar-refractivity contribution < 1.29 is 17.6 Å². The zero-order valence-electron chi connectivity index (χ0n) is 15.2. The van der Waals surface area contributed by atoms with Crippen LogP contribution in [-0.4, -0.2) is 60.8 Å². The van der Waals surface area contributed by atoms with E-state index < -0.39 is 16.1 Å². The fourth-order valence-corrected chi connectivity index (χ4v) is 3.63. The average Bonchev–Trinajstić information content (AvgIpc) is 3.11. The fourth-order valence-electron chi connectivity index (χ4n) is 2.82. The van der Waals surface area contributed by atoms with Gasteiger partial charge in [0, 0.05) is 19.6 Å². The molecular formula is C17H24N4O4S. The Morgan fingerprint density at radius 1 is 1.31 bits per heavy atom. The lowest BCUT2D eigenvalue weighted by atomic mass is 10.2. The molecule has 0 unspecified atom stereocenters. The van der Waals surface area contributed by atoms with E-state index in [1.165, 1.54) is 16.1 Å². The molecule has 1 fully saturated rings. The van der Waals surface area contributed by atoms with Crippen LogP contribution >= 0.6 is 0 Å². The van der Waals surface area contributed by atoms with E-state index in [9.17, 15) is 8.42 Å². The van der Waals surface area contributed by atoms with E-state index in [0.29, 0.717) is 24.9 Å². The molecule has 3 rings (SSSR count). The van der Waals surface area contributed by atoms with Crippen molar-refractivity contribution >= 4 is 10.0 Å². The highest BCUT2D eigenvalue weighted by Gasteiger charge is 2.31. The zero-order valence-corrected chi connectivity index (χ0v) is 16.0. The second kappa shape index (κ2) is 7.83. The fraction of sp³-hybridized carbons (Fsp3) is 0.529. The van der Waals surface area contributed by atoms with E-state index in [-0.39, 0.29) is 12.6 Å². The SMILES string of the molecule is C[C@H](c1nnc([C@@H]2CN(S(C)(=O)=O)CCO2)o1)N(C)Cc1ccccc1. The molecule has 1 aliphatic heterocycles. The molecule has 8 nitrogen and oxygen atoms in total. The summed E-state index contributed by atoms with van der Waals surface area (Å²) in [7, 11) is -1.28. The van der Waals surface area contributed by atoms with Gasteiger partial charge < -0.3 is 9.15 Å². The lowest BCUT2D eigenvalue weighted by Gasteiger charge is -2.29. The predicted octanol–water partition coefficient (Wildman–Crippen LogP) is 1.60. The Labute approximate surface area is 153 Å². The van der Waals surface area contributed by atoms with E-state index >= 15 is 0 Å². The molecule has 0 bridgehead atoms. The minimum Gasteiger partial charge on any atom is -0.421 e. The molecule has 26 heavy (non-hydrogen) atoms. The number of hydrogen-bond acceptors (Lipinski definition) is 7. The molecule has 0 aliphatic carbocycles. The molecule has 2 aromatic rings. The van der Waals surface area contributed by atoms with Crippen molar-refractivity contribution in [3.63, 3.8) is 0 Å². The molecule has 1 saturated heterocycles. The highest BCUT2D eigenvalue weighted by Crippen LogP contribution is 2.26. The van der Waals surface area contributed by atoms with Crippen LogP contribution in [0.2, 0.25) is 0 Å². The van der Waals surface area contributed by atoms with Crippen LogP contribution in [0.15, 0.2) is 34.7 Å². The highest BCUT2D eigenvalue weighted by atomic mass is 32.2. The van der Waals surface area contributed by atoms with Crippen molar-refractivity contribution in [3.8, 4) is 0 Å². The smallest absolute Gasteiger partial charge is 0.246 e. The van der Waals surface area contributed by atoms with Crippen molar-refractivity contribution in [2.24, 2.45) is 0 Å². The van der Waals surface area contributed by atoms with Gasteiger partial charge in [-0.2, -0.15) is 4.31 Å². The molecule has 2 atom stereocenters. The Morgan fingerprint density at radius 3 is 2.73 bits per heavy atom. The summed E-state index contributed by atoms with van der Waals surface area (Å²) in [5, 5.41) is 8.21. The molecule has 0 radical (unpaired) electrons. The lowest BCUT2D eigenvalue weighted by Crippen LogP contribution is -2.41. The van der Waals surface area contributed by atoms with Crippen LogP contribution in [0, 0.1) is 0 Å². The Hall–Kier alpha value is -1.81. The van der Waals surface area contributed by atoms with Gasteiger partial charge in [-0.05, 0) is 19.5 Å². The Morgan fingerprint density at radius 2 is 2.04 bits per heavy atom. The van der Waals surface area contributed by atoms with E-state index in [0.717, 1.165) is 6.54 Å². The van der Waals surface area contributed by atoms with E-state index in [2.05, 4.69) is 27.2 Å². The zero-order chi connectivity index (χ0) is 18.7. The number of ether oxygens (including phenoxy) is 1. The minimum atomic E-state index is -3.27. The molecule has 1 aromatic carbocycles. The first-order chi connectivity index (χ1) is 12.3. The first kappa shape index (κ1) is 19.0. The summed E-state index contributed by atoms with van der Waals surface area (Å²) < 4.78 is 36.3. The van der Waals surface area contributed by atoms with E-state index in [4.69, 9.17) is 9.15 Å². The van der Waals surface area contributed by atoms with Gasteiger partial charge in [0.25, 0.3) is 0 Å². The number of morpholine rings is 1. The number of aromatic nitrogens is 2. The Bertz CT molecular complexity index is 824. The highest BCUT2D eigenvalue weighted by molar-refractivity contribution is 7.88. The molecule has 0 saturated carbocycles. The third-order valence-corrected chi connectivity index (χ3v) is 5.79. The van der Waals surface area contributed by atoms with Crippen molar-refractivity contribution in [1.29, 1.82) is 0 Å². The van der Waals surface area contributed by atoms with Gasteiger partial charge in [-0.25, -0.2) is 8.42 Å². The second-order valence-electron chi connectivity index (χ2n) is 6.54. The molecule has 142 valence electrons. The summed E-state index contributed by atoms with van der Waals surface area (Å²) in [5.41, 5.74) is 1.20. The predicted molar refractivity (Wildman–Crippen MR) is 95.7 cm³/mol. The summed E-state index contributed by atoms with van der Waals surface area (Å²) in [6.07, 6.45) is 0.654. The van der Waals surface area contributed by atoms with Crippen molar-refractivity contribution in [3.05, 3.63) is 47.7 Å². The first-order valence-electron chi connectivity index (χ1n) is 8.49. The van der Waals surface area contributed by atoms with Crippen LogP contribution in [-0.2, 0) is 21.3 Å². The van der Waals surface area contributed by atoms with Crippen LogP contribution < -0.4 is 0 Å². The summed E-state index contributed by atoms with van der Waals surface area (Å²) in [6.45, 7) is 3.58. The standard InChI is InChI=1S/C17H24N4O4S/c1-13(20(2)11-14-7-5-4-6-8-14)16-18-19-17(25-16)15-12-21(9-10-24-15)26(3,22)23/h4-8,13,15H,9-12H2,1-3H3/t13-,15+/m1/s1. The van der Waals surface area contributed by atoms with Gasteiger partial charge in [0.1, 0.15) is 6.10 Å². The molecule has 1 aromatic heterocycles. The van der Waals surface area contributed by atoms with Crippen molar-refractivity contribution in [1.82, 2.24) is 19.4 Å².